The Hall–Kier alpha value is -1.62. The fourth-order valence-corrected chi connectivity index (χ4v) is 8.14. The first-order valence-corrected chi connectivity index (χ1v) is 11.9. The van der Waals surface area contributed by atoms with Crippen LogP contribution in [0.2, 0.25) is 0 Å². The largest absolute Gasteiger partial charge is 0.377 e. The summed E-state index contributed by atoms with van der Waals surface area (Å²) in [5, 5.41) is 15.0. The number of piperidine rings is 2. The highest BCUT2D eigenvalue weighted by Gasteiger charge is 2.53. The van der Waals surface area contributed by atoms with Crippen molar-refractivity contribution in [1.29, 1.82) is 0 Å². The standard InChI is InChI=1S/C24H33N3O2/c28-27(29)24-7-2-1-6-23(24)25-18-13-19-4-3-5-20(14-18)26(19)21-9-15-8-16-11-17(12-21)22(16)10-15/h1-2,6-7,15-22,25H,3-5,8-14H2/t15-,16+,17+,18-,19+,20-,21-,22?/m1/s1. The van der Waals surface area contributed by atoms with Gasteiger partial charge in [0.15, 0.2) is 0 Å². The van der Waals surface area contributed by atoms with E-state index in [1.807, 2.05) is 12.1 Å². The first-order chi connectivity index (χ1) is 14.2. The number of nitro groups is 1. The van der Waals surface area contributed by atoms with Gasteiger partial charge in [0.1, 0.15) is 5.69 Å². The van der Waals surface area contributed by atoms with Crippen molar-refractivity contribution in [3.05, 3.63) is 34.4 Å². The minimum absolute atomic E-state index is 0.208. The first-order valence-electron chi connectivity index (χ1n) is 11.9. The molecule has 0 aromatic heterocycles. The molecule has 1 aromatic rings. The molecular weight excluding hydrogens is 362 g/mol. The van der Waals surface area contributed by atoms with E-state index in [1.54, 1.807) is 12.1 Å². The first kappa shape index (κ1) is 18.2. The number of nitrogens with one attached hydrogen (secondary N) is 1. The van der Waals surface area contributed by atoms with Gasteiger partial charge in [-0.15, -0.1) is 0 Å². The molecule has 0 amide bonds. The highest BCUT2D eigenvalue weighted by Crippen LogP contribution is 2.59. The van der Waals surface area contributed by atoms with Gasteiger partial charge in [-0.1, -0.05) is 18.6 Å². The van der Waals surface area contributed by atoms with E-state index < -0.39 is 0 Å². The number of anilines is 1. The van der Waals surface area contributed by atoms with Crippen LogP contribution in [0.1, 0.15) is 64.2 Å². The number of hydrogen-bond acceptors (Lipinski definition) is 4. The van der Waals surface area contributed by atoms with Gasteiger partial charge >= 0.3 is 0 Å². The molecule has 3 saturated carbocycles. The van der Waals surface area contributed by atoms with E-state index in [1.165, 1.54) is 51.4 Å². The summed E-state index contributed by atoms with van der Waals surface area (Å²) in [6.07, 6.45) is 13.7. The van der Waals surface area contributed by atoms with Gasteiger partial charge < -0.3 is 5.32 Å². The number of rotatable bonds is 4. The Morgan fingerprint density at radius 2 is 1.66 bits per heavy atom. The fraction of sp³-hybridized carbons (Fsp3) is 0.750. The van der Waals surface area contributed by atoms with E-state index in [9.17, 15) is 10.1 Å². The number of benzene rings is 1. The Kier molecular flexibility index (Phi) is 4.37. The summed E-state index contributed by atoms with van der Waals surface area (Å²) in [5.41, 5.74) is 0.903. The van der Waals surface area contributed by atoms with Crippen molar-refractivity contribution >= 4 is 11.4 Å². The van der Waals surface area contributed by atoms with E-state index in [0.29, 0.717) is 23.8 Å². The molecule has 2 saturated heterocycles. The second kappa shape index (κ2) is 6.97. The van der Waals surface area contributed by atoms with Gasteiger partial charge in [-0.2, -0.15) is 0 Å². The van der Waals surface area contributed by atoms with Crippen LogP contribution in [0.4, 0.5) is 11.4 Å². The van der Waals surface area contributed by atoms with E-state index in [4.69, 9.17) is 0 Å². The van der Waals surface area contributed by atoms with Crippen molar-refractivity contribution in [2.75, 3.05) is 5.32 Å². The summed E-state index contributed by atoms with van der Waals surface area (Å²) in [5.74, 6) is 4.16. The predicted molar refractivity (Wildman–Crippen MR) is 114 cm³/mol. The molecule has 0 spiro atoms. The van der Waals surface area contributed by atoms with E-state index >= 15 is 0 Å². The summed E-state index contributed by atoms with van der Waals surface area (Å²) in [6.45, 7) is 0. The predicted octanol–water partition coefficient (Wildman–Crippen LogP) is 5.22. The Morgan fingerprint density at radius 3 is 2.45 bits per heavy atom. The number of nitrogens with zero attached hydrogens (tertiary/aromatic N) is 2. The molecule has 156 valence electrons. The SMILES string of the molecule is O=[N+]([O-])c1ccccc1N[C@H]1C[C@H]2CCC[C@@H](C1)N2[C@@H]1C[C@@H]2CC3[C@@H](C2)C[C@H]3C1. The highest BCUT2D eigenvalue weighted by atomic mass is 16.6. The van der Waals surface area contributed by atoms with Crippen LogP contribution in [-0.2, 0) is 0 Å². The number of fused-ring (bicyclic) bond motifs is 3. The second-order valence-electron chi connectivity index (χ2n) is 10.7. The van der Waals surface area contributed by atoms with E-state index in [0.717, 1.165) is 42.6 Å². The lowest BCUT2D eigenvalue weighted by atomic mass is 9.64. The van der Waals surface area contributed by atoms with Gasteiger partial charge in [0.2, 0.25) is 0 Å². The molecule has 3 aliphatic carbocycles. The molecule has 5 nitrogen and oxygen atoms in total. The molecule has 6 rings (SSSR count). The van der Waals surface area contributed by atoms with Gasteiger partial charge in [0.25, 0.3) is 5.69 Å². The van der Waals surface area contributed by atoms with Crippen molar-refractivity contribution in [2.24, 2.45) is 23.7 Å². The maximum Gasteiger partial charge on any atom is 0.292 e. The summed E-state index contributed by atoms with van der Waals surface area (Å²) in [7, 11) is 0. The molecule has 1 unspecified atom stereocenters. The van der Waals surface area contributed by atoms with Gasteiger partial charge in [0.05, 0.1) is 4.92 Å². The van der Waals surface area contributed by atoms with Crippen LogP contribution < -0.4 is 5.32 Å². The number of nitro benzene ring substituents is 1. The topological polar surface area (TPSA) is 58.4 Å². The molecule has 5 fully saturated rings. The molecular formula is C24H33N3O2. The second-order valence-corrected chi connectivity index (χ2v) is 10.7. The summed E-state index contributed by atoms with van der Waals surface area (Å²) in [6, 6.07) is 9.64. The molecule has 5 aliphatic rings. The van der Waals surface area contributed by atoms with Crippen molar-refractivity contribution in [3.8, 4) is 0 Å². The third-order valence-corrected chi connectivity index (χ3v) is 9.15. The molecule has 2 aliphatic heterocycles. The van der Waals surface area contributed by atoms with Crippen LogP contribution in [0.25, 0.3) is 0 Å². The molecule has 1 aromatic carbocycles. The van der Waals surface area contributed by atoms with Crippen molar-refractivity contribution < 1.29 is 4.92 Å². The van der Waals surface area contributed by atoms with Crippen LogP contribution in [0.3, 0.4) is 0 Å². The lowest BCUT2D eigenvalue weighted by Gasteiger charge is -2.54. The van der Waals surface area contributed by atoms with Crippen LogP contribution in [0.15, 0.2) is 24.3 Å². The quantitative estimate of drug-likeness (QED) is 0.561. The van der Waals surface area contributed by atoms with Crippen molar-refractivity contribution in [1.82, 2.24) is 4.90 Å². The zero-order chi connectivity index (χ0) is 19.5. The minimum Gasteiger partial charge on any atom is -0.377 e. The van der Waals surface area contributed by atoms with Gasteiger partial charge in [-0.3, -0.25) is 15.0 Å². The molecule has 1 N–H and O–H groups in total. The average Bonchev–Trinajstić information content (AvgIpc) is 2.90. The van der Waals surface area contributed by atoms with Crippen LogP contribution >= 0.6 is 0 Å². The van der Waals surface area contributed by atoms with Crippen LogP contribution in [0.5, 0.6) is 0 Å². The fourth-order valence-electron chi connectivity index (χ4n) is 8.14. The highest BCUT2D eigenvalue weighted by molar-refractivity contribution is 5.61. The summed E-state index contributed by atoms with van der Waals surface area (Å²) >= 11 is 0. The van der Waals surface area contributed by atoms with Crippen molar-refractivity contribution in [3.63, 3.8) is 0 Å². The van der Waals surface area contributed by atoms with E-state index in [-0.39, 0.29) is 10.6 Å². The Morgan fingerprint density at radius 1 is 0.897 bits per heavy atom. The number of para-hydroxylation sites is 2. The maximum absolute atomic E-state index is 11.4. The number of hydrogen-bond donors (Lipinski definition) is 1. The minimum atomic E-state index is -0.259. The lowest BCUT2D eigenvalue weighted by Crippen LogP contribution is -2.59. The van der Waals surface area contributed by atoms with Gasteiger partial charge in [-0.25, -0.2) is 0 Å². The van der Waals surface area contributed by atoms with Gasteiger partial charge in [0, 0.05) is 30.2 Å². The van der Waals surface area contributed by atoms with Crippen LogP contribution in [-0.4, -0.2) is 34.0 Å². The summed E-state index contributed by atoms with van der Waals surface area (Å²) < 4.78 is 0. The monoisotopic (exact) mass is 395 g/mol. The molecule has 5 heteroatoms. The van der Waals surface area contributed by atoms with Crippen LogP contribution in [0, 0.1) is 33.8 Å². The Bertz CT molecular complexity index is 780. The molecule has 0 radical (unpaired) electrons. The zero-order valence-corrected chi connectivity index (χ0v) is 17.2. The third kappa shape index (κ3) is 3.08. The smallest absolute Gasteiger partial charge is 0.292 e. The summed E-state index contributed by atoms with van der Waals surface area (Å²) in [4.78, 5) is 14.1. The Labute approximate surface area is 173 Å². The van der Waals surface area contributed by atoms with Crippen molar-refractivity contribution in [2.45, 2.75) is 88.4 Å². The lowest BCUT2D eigenvalue weighted by molar-refractivity contribution is -0.384. The van der Waals surface area contributed by atoms with E-state index in [2.05, 4.69) is 10.2 Å². The zero-order valence-electron chi connectivity index (χ0n) is 17.2. The molecule has 4 bridgehead atoms. The van der Waals surface area contributed by atoms with Gasteiger partial charge in [-0.05, 0) is 87.5 Å². The Balaban J connectivity index is 1.19. The normalized spacial score (nSPS) is 43.3. The maximum atomic E-state index is 11.4. The third-order valence-electron chi connectivity index (χ3n) is 9.15. The molecule has 29 heavy (non-hydrogen) atoms. The molecule has 8 atom stereocenters. The molecule has 2 heterocycles. The average molecular weight is 396 g/mol.